The van der Waals surface area contributed by atoms with Gasteiger partial charge in [0.05, 0.1) is 0 Å². The lowest BCUT2D eigenvalue weighted by Gasteiger charge is -2.31. The molecule has 4 nitrogen and oxygen atoms in total. The van der Waals surface area contributed by atoms with Gasteiger partial charge in [0.2, 0.25) is 5.91 Å². The smallest absolute Gasteiger partial charge is 0.251 e. The van der Waals surface area contributed by atoms with E-state index in [1.165, 1.54) is 0 Å². The average molecular weight is 258 g/mol. The van der Waals surface area contributed by atoms with Gasteiger partial charge < -0.3 is 10.2 Å². The first-order valence-electron chi connectivity index (χ1n) is 6.81. The topological polar surface area (TPSA) is 49.4 Å². The molecule has 1 aromatic rings. The van der Waals surface area contributed by atoms with Crippen LogP contribution in [0.5, 0.6) is 0 Å². The number of carbonyl (C=O) groups excluding carboxylic acids is 2. The Morgan fingerprint density at radius 1 is 1.32 bits per heavy atom. The predicted molar refractivity (Wildman–Crippen MR) is 72.5 cm³/mol. The Kier molecular flexibility index (Phi) is 2.81. The highest BCUT2D eigenvalue weighted by Gasteiger charge is 2.43. The van der Waals surface area contributed by atoms with Crippen molar-refractivity contribution in [2.75, 3.05) is 5.32 Å². The number of amides is 2. The van der Waals surface area contributed by atoms with Crippen LogP contribution in [-0.4, -0.2) is 22.8 Å². The third kappa shape index (κ3) is 2.01. The van der Waals surface area contributed by atoms with E-state index >= 15 is 0 Å². The monoisotopic (exact) mass is 258 g/mol. The molecule has 1 N–H and O–H groups in total. The van der Waals surface area contributed by atoms with Gasteiger partial charge in [0.25, 0.3) is 5.91 Å². The Morgan fingerprint density at radius 3 is 2.63 bits per heavy atom. The fourth-order valence-electron chi connectivity index (χ4n) is 2.69. The van der Waals surface area contributed by atoms with Crippen LogP contribution < -0.4 is 5.32 Å². The number of anilines is 1. The van der Waals surface area contributed by atoms with E-state index in [0.717, 1.165) is 24.1 Å². The lowest BCUT2D eigenvalue weighted by molar-refractivity contribution is -0.141. The number of fused-ring (bicyclic) bond motifs is 1. The minimum atomic E-state index is -0.468. The molecule has 100 valence electrons. The molecule has 3 rings (SSSR count). The lowest BCUT2D eigenvalue weighted by atomic mass is 10.0. The molecule has 1 aromatic carbocycles. The number of para-hydroxylation sites is 1. The number of rotatable bonds is 3. The zero-order chi connectivity index (χ0) is 13.6. The van der Waals surface area contributed by atoms with Crippen molar-refractivity contribution in [3.05, 3.63) is 29.8 Å². The first-order chi connectivity index (χ1) is 9.09. The Bertz CT molecular complexity index is 535. The molecule has 1 aliphatic heterocycles. The molecule has 19 heavy (non-hydrogen) atoms. The third-order valence-corrected chi connectivity index (χ3v) is 3.78. The molecule has 0 spiro atoms. The second kappa shape index (κ2) is 4.37. The Morgan fingerprint density at radius 2 is 2.00 bits per heavy atom. The predicted octanol–water partition coefficient (Wildman–Crippen LogP) is 2.33. The maximum atomic E-state index is 12.4. The van der Waals surface area contributed by atoms with Crippen LogP contribution in [-0.2, 0) is 9.59 Å². The third-order valence-electron chi connectivity index (χ3n) is 3.78. The van der Waals surface area contributed by atoms with E-state index in [1.807, 2.05) is 38.1 Å². The van der Waals surface area contributed by atoms with Crippen molar-refractivity contribution in [1.82, 2.24) is 4.90 Å². The molecule has 0 saturated heterocycles. The first-order valence-corrected chi connectivity index (χ1v) is 6.81. The SMILES string of the molecule is CC(C)N(C(=O)C1CC1)C1C(=O)Nc2ccccc21. The second-order valence-electron chi connectivity index (χ2n) is 5.59. The zero-order valence-corrected chi connectivity index (χ0v) is 11.2. The number of nitrogens with zero attached hydrogens (tertiary/aromatic N) is 1. The van der Waals surface area contributed by atoms with Gasteiger partial charge in [-0.25, -0.2) is 0 Å². The van der Waals surface area contributed by atoms with Gasteiger partial charge >= 0.3 is 0 Å². The van der Waals surface area contributed by atoms with Gasteiger partial charge in [-0.3, -0.25) is 9.59 Å². The highest BCUT2D eigenvalue weighted by molar-refractivity contribution is 6.04. The first kappa shape index (κ1) is 12.2. The number of benzene rings is 1. The van der Waals surface area contributed by atoms with Gasteiger partial charge in [0.15, 0.2) is 0 Å². The molecule has 0 radical (unpaired) electrons. The molecule has 1 unspecified atom stereocenters. The van der Waals surface area contributed by atoms with Crippen LogP contribution in [0.25, 0.3) is 0 Å². The molecule has 4 heteroatoms. The van der Waals surface area contributed by atoms with Crippen molar-refractivity contribution >= 4 is 17.5 Å². The number of carbonyl (C=O) groups is 2. The number of hydrogen-bond donors (Lipinski definition) is 1. The molecular formula is C15H18N2O2. The van der Waals surface area contributed by atoms with E-state index in [-0.39, 0.29) is 23.8 Å². The summed E-state index contributed by atoms with van der Waals surface area (Å²) in [4.78, 5) is 26.4. The highest BCUT2D eigenvalue weighted by atomic mass is 16.2. The van der Waals surface area contributed by atoms with E-state index in [9.17, 15) is 9.59 Å². The summed E-state index contributed by atoms with van der Waals surface area (Å²) in [6.45, 7) is 3.93. The summed E-state index contributed by atoms with van der Waals surface area (Å²) in [6, 6.07) is 7.16. The fourth-order valence-corrected chi connectivity index (χ4v) is 2.69. The largest absolute Gasteiger partial charge is 0.324 e. The molecule has 1 aliphatic carbocycles. The summed E-state index contributed by atoms with van der Waals surface area (Å²) < 4.78 is 0. The zero-order valence-electron chi connectivity index (χ0n) is 11.2. The molecule has 1 fully saturated rings. The van der Waals surface area contributed by atoms with Crippen LogP contribution in [0, 0.1) is 5.92 Å². The number of hydrogen-bond acceptors (Lipinski definition) is 2. The van der Waals surface area contributed by atoms with E-state index in [1.54, 1.807) is 4.90 Å². The van der Waals surface area contributed by atoms with Gasteiger partial charge in [0.1, 0.15) is 6.04 Å². The van der Waals surface area contributed by atoms with Crippen LogP contribution in [0.2, 0.25) is 0 Å². The molecular weight excluding hydrogens is 240 g/mol. The van der Waals surface area contributed by atoms with Crippen molar-refractivity contribution in [2.45, 2.75) is 38.8 Å². The van der Waals surface area contributed by atoms with Gasteiger partial charge in [-0.15, -0.1) is 0 Å². The summed E-state index contributed by atoms with van der Waals surface area (Å²) in [5, 5.41) is 2.86. The van der Waals surface area contributed by atoms with Gasteiger partial charge in [-0.05, 0) is 32.8 Å². The lowest BCUT2D eigenvalue weighted by Crippen LogP contribution is -2.43. The van der Waals surface area contributed by atoms with E-state index < -0.39 is 6.04 Å². The normalized spacial score (nSPS) is 21.2. The van der Waals surface area contributed by atoms with Gasteiger partial charge in [0, 0.05) is 23.2 Å². The van der Waals surface area contributed by atoms with Crippen LogP contribution in [0.1, 0.15) is 38.3 Å². The van der Waals surface area contributed by atoms with Crippen LogP contribution in [0.15, 0.2) is 24.3 Å². The summed E-state index contributed by atoms with van der Waals surface area (Å²) in [5.41, 5.74) is 1.74. The van der Waals surface area contributed by atoms with E-state index in [2.05, 4.69) is 5.32 Å². The van der Waals surface area contributed by atoms with Crippen LogP contribution in [0.3, 0.4) is 0 Å². The van der Waals surface area contributed by atoms with Crippen molar-refractivity contribution in [2.24, 2.45) is 5.92 Å². The summed E-state index contributed by atoms with van der Waals surface area (Å²) in [5.74, 6) is 0.152. The van der Waals surface area contributed by atoms with Gasteiger partial charge in [-0.2, -0.15) is 0 Å². The molecule has 2 amide bonds. The van der Waals surface area contributed by atoms with Crippen molar-refractivity contribution in [3.63, 3.8) is 0 Å². The van der Waals surface area contributed by atoms with E-state index in [0.29, 0.717) is 0 Å². The average Bonchev–Trinajstić information content (AvgIpc) is 3.15. The molecule has 0 bridgehead atoms. The van der Waals surface area contributed by atoms with E-state index in [4.69, 9.17) is 0 Å². The van der Waals surface area contributed by atoms with Crippen molar-refractivity contribution in [3.8, 4) is 0 Å². The number of nitrogens with one attached hydrogen (secondary N) is 1. The maximum absolute atomic E-state index is 12.4. The summed E-state index contributed by atoms with van der Waals surface area (Å²) in [6.07, 6.45) is 1.91. The Hall–Kier alpha value is -1.84. The summed E-state index contributed by atoms with van der Waals surface area (Å²) >= 11 is 0. The second-order valence-corrected chi connectivity index (χ2v) is 5.59. The Balaban J connectivity index is 1.98. The van der Waals surface area contributed by atoms with Gasteiger partial charge in [-0.1, -0.05) is 18.2 Å². The highest BCUT2D eigenvalue weighted by Crippen LogP contribution is 2.39. The summed E-state index contributed by atoms with van der Waals surface area (Å²) in [7, 11) is 0. The minimum absolute atomic E-state index is 0.0232. The van der Waals surface area contributed by atoms with Crippen molar-refractivity contribution < 1.29 is 9.59 Å². The minimum Gasteiger partial charge on any atom is -0.324 e. The van der Waals surface area contributed by atoms with Crippen LogP contribution in [0.4, 0.5) is 5.69 Å². The molecule has 1 atom stereocenters. The quantitative estimate of drug-likeness (QED) is 0.904. The molecule has 0 aromatic heterocycles. The van der Waals surface area contributed by atoms with Crippen molar-refractivity contribution in [1.29, 1.82) is 0 Å². The van der Waals surface area contributed by atoms with Crippen LogP contribution >= 0.6 is 0 Å². The Labute approximate surface area is 112 Å². The maximum Gasteiger partial charge on any atom is 0.251 e. The molecule has 1 heterocycles. The standard InChI is InChI=1S/C15H18N2O2/c1-9(2)17(15(19)10-7-8-10)13-11-5-3-4-6-12(11)16-14(13)18/h3-6,9-10,13H,7-8H2,1-2H3,(H,16,18). The fraction of sp³-hybridized carbons (Fsp3) is 0.467. The molecule has 1 saturated carbocycles. The molecule has 2 aliphatic rings.